The van der Waals surface area contributed by atoms with Gasteiger partial charge in [0.2, 0.25) is 11.8 Å². The lowest BCUT2D eigenvalue weighted by molar-refractivity contribution is -0.131. The van der Waals surface area contributed by atoms with Gasteiger partial charge in [0.15, 0.2) is 0 Å². The van der Waals surface area contributed by atoms with Crippen molar-refractivity contribution in [2.75, 3.05) is 26.3 Å². The van der Waals surface area contributed by atoms with Crippen LogP contribution in [0.25, 0.3) is 0 Å². The van der Waals surface area contributed by atoms with Crippen LogP contribution in [0, 0.1) is 6.92 Å². The number of piperidine rings is 1. The highest BCUT2D eigenvalue weighted by Crippen LogP contribution is 2.17. The van der Waals surface area contributed by atoms with Gasteiger partial charge in [-0.2, -0.15) is 0 Å². The molecule has 0 spiro atoms. The molecule has 1 fully saturated rings. The minimum Gasteiger partial charge on any atom is -0.494 e. The van der Waals surface area contributed by atoms with Crippen LogP contribution in [0.2, 0.25) is 0 Å². The van der Waals surface area contributed by atoms with Gasteiger partial charge in [-0.3, -0.25) is 9.59 Å². The number of benzene rings is 2. The third-order valence-corrected chi connectivity index (χ3v) is 5.70. The zero-order valence-electron chi connectivity index (χ0n) is 19.1. The van der Waals surface area contributed by atoms with E-state index in [9.17, 15) is 9.59 Å². The minimum absolute atomic E-state index is 0.0533. The molecule has 1 aliphatic rings. The van der Waals surface area contributed by atoms with Crippen LogP contribution < -0.4 is 14.8 Å². The monoisotopic (exact) mass is 438 g/mol. The summed E-state index contributed by atoms with van der Waals surface area (Å²) in [5.74, 6) is 1.88. The number of amides is 2. The standard InChI is InChI=1S/C26H34N2O4/c1-3-31-23-12-10-21(11-13-23)19-26(30)28-16-14-22(15-17-28)27-25(29)9-6-18-32-24-8-5-4-7-20(24)2/h4-5,7-8,10-13,22H,3,6,9,14-19H2,1-2H3,(H,27,29). The third kappa shape index (κ3) is 7.29. The molecule has 0 saturated carbocycles. The van der Waals surface area contributed by atoms with Crippen LogP contribution in [-0.2, 0) is 16.0 Å². The molecule has 172 valence electrons. The van der Waals surface area contributed by atoms with Gasteiger partial charge in [0.05, 0.1) is 19.6 Å². The molecule has 0 unspecified atom stereocenters. The van der Waals surface area contributed by atoms with Crippen LogP contribution in [0.5, 0.6) is 11.5 Å². The number of aryl methyl sites for hydroxylation is 1. The summed E-state index contributed by atoms with van der Waals surface area (Å²) < 4.78 is 11.2. The molecule has 0 radical (unpaired) electrons. The van der Waals surface area contributed by atoms with E-state index in [0.717, 1.165) is 35.5 Å². The van der Waals surface area contributed by atoms with Gasteiger partial charge in [0.25, 0.3) is 0 Å². The second-order valence-electron chi connectivity index (χ2n) is 8.19. The van der Waals surface area contributed by atoms with Gasteiger partial charge < -0.3 is 19.7 Å². The second kappa shape index (κ2) is 12.1. The molecule has 0 bridgehead atoms. The molecule has 6 heteroatoms. The first-order chi connectivity index (χ1) is 15.5. The number of ether oxygens (including phenoxy) is 2. The van der Waals surface area contributed by atoms with Crippen molar-refractivity contribution in [2.24, 2.45) is 0 Å². The number of nitrogens with zero attached hydrogens (tertiary/aromatic N) is 1. The topological polar surface area (TPSA) is 67.9 Å². The Morgan fingerprint density at radius 3 is 2.44 bits per heavy atom. The zero-order valence-corrected chi connectivity index (χ0v) is 19.1. The Hall–Kier alpha value is -3.02. The SMILES string of the molecule is CCOc1ccc(CC(=O)N2CCC(NC(=O)CCCOc3ccccc3C)CC2)cc1. The Morgan fingerprint density at radius 1 is 1.03 bits per heavy atom. The highest BCUT2D eigenvalue weighted by atomic mass is 16.5. The van der Waals surface area contributed by atoms with E-state index < -0.39 is 0 Å². The van der Waals surface area contributed by atoms with Crippen molar-refractivity contribution in [1.29, 1.82) is 0 Å². The van der Waals surface area contributed by atoms with Crippen molar-refractivity contribution in [3.8, 4) is 11.5 Å². The number of para-hydroxylation sites is 1. The number of carbonyl (C=O) groups excluding carboxylic acids is 2. The van der Waals surface area contributed by atoms with Crippen molar-refractivity contribution in [2.45, 2.75) is 52.0 Å². The van der Waals surface area contributed by atoms with Crippen molar-refractivity contribution in [3.63, 3.8) is 0 Å². The summed E-state index contributed by atoms with van der Waals surface area (Å²) in [6.07, 6.45) is 3.10. The molecule has 0 atom stereocenters. The minimum atomic E-state index is 0.0533. The number of hydrogen-bond acceptors (Lipinski definition) is 4. The highest BCUT2D eigenvalue weighted by Gasteiger charge is 2.23. The van der Waals surface area contributed by atoms with Crippen molar-refractivity contribution in [1.82, 2.24) is 10.2 Å². The molecule has 1 saturated heterocycles. The van der Waals surface area contributed by atoms with Crippen LogP contribution in [0.15, 0.2) is 48.5 Å². The maximum absolute atomic E-state index is 12.6. The predicted molar refractivity (Wildman–Crippen MR) is 125 cm³/mol. The Kier molecular flexibility index (Phi) is 8.96. The summed E-state index contributed by atoms with van der Waals surface area (Å²) in [5, 5.41) is 3.11. The quantitative estimate of drug-likeness (QED) is 0.571. The average Bonchev–Trinajstić information content (AvgIpc) is 2.80. The summed E-state index contributed by atoms with van der Waals surface area (Å²) >= 11 is 0. The van der Waals surface area contributed by atoms with E-state index in [1.54, 1.807) is 0 Å². The van der Waals surface area contributed by atoms with Gasteiger partial charge in [-0.05, 0) is 62.4 Å². The van der Waals surface area contributed by atoms with E-state index >= 15 is 0 Å². The molecule has 0 aromatic heterocycles. The van der Waals surface area contributed by atoms with Crippen molar-refractivity contribution < 1.29 is 19.1 Å². The Labute approximate surface area is 190 Å². The second-order valence-corrected chi connectivity index (χ2v) is 8.19. The summed E-state index contributed by atoms with van der Waals surface area (Å²) in [4.78, 5) is 26.8. The Bertz CT molecular complexity index is 874. The number of hydrogen-bond donors (Lipinski definition) is 1. The maximum atomic E-state index is 12.6. The van der Waals surface area contributed by atoms with E-state index in [1.807, 2.05) is 67.3 Å². The molecule has 3 rings (SSSR count). The molecule has 0 aliphatic carbocycles. The van der Waals surface area contributed by atoms with Crippen LogP contribution in [0.1, 0.15) is 43.7 Å². The normalized spacial score (nSPS) is 14.1. The maximum Gasteiger partial charge on any atom is 0.226 e. The fraction of sp³-hybridized carbons (Fsp3) is 0.462. The summed E-state index contributed by atoms with van der Waals surface area (Å²) in [5.41, 5.74) is 2.09. The molecule has 6 nitrogen and oxygen atoms in total. The van der Waals surface area contributed by atoms with E-state index in [-0.39, 0.29) is 17.9 Å². The van der Waals surface area contributed by atoms with Gasteiger partial charge >= 0.3 is 0 Å². The van der Waals surface area contributed by atoms with Crippen LogP contribution in [0.3, 0.4) is 0 Å². The number of nitrogens with one attached hydrogen (secondary N) is 1. The summed E-state index contributed by atoms with van der Waals surface area (Å²) in [7, 11) is 0. The summed E-state index contributed by atoms with van der Waals surface area (Å²) in [6, 6.07) is 15.7. The number of rotatable bonds is 10. The molecule has 2 aromatic carbocycles. The van der Waals surface area contributed by atoms with E-state index in [0.29, 0.717) is 45.6 Å². The summed E-state index contributed by atoms with van der Waals surface area (Å²) in [6.45, 7) is 6.47. The molecule has 2 aromatic rings. The van der Waals surface area contributed by atoms with Gasteiger partial charge in [0.1, 0.15) is 11.5 Å². The fourth-order valence-corrected chi connectivity index (χ4v) is 3.86. The first-order valence-electron chi connectivity index (χ1n) is 11.5. The van der Waals surface area contributed by atoms with E-state index in [4.69, 9.17) is 9.47 Å². The Morgan fingerprint density at radius 2 is 1.75 bits per heavy atom. The predicted octanol–water partition coefficient (Wildman–Crippen LogP) is 3.90. The smallest absolute Gasteiger partial charge is 0.226 e. The first kappa shape index (κ1) is 23.6. The molecular weight excluding hydrogens is 404 g/mol. The van der Waals surface area contributed by atoms with Crippen LogP contribution >= 0.6 is 0 Å². The molecule has 1 aliphatic heterocycles. The first-order valence-corrected chi connectivity index (χ1v) is 11.5. The molecule has 1 N–H and O–H groups in total. The van der Waals surface area contributed by atoms with Crippen LogP contribution in [-0.4, -0.2) is 49.1 Å². The van der Waals surface area contributed by atoms with Crippen molar-refractivity contribution in [3.05, 3.63) is 59.7 Å². The number of likely N-dealkylation sites (tertiary alicyclic amines) is 1. The lowest BCUT2D eigenvalue weighted by Crippen LogP contribution is -2.47. The van der Waals surface area contributed by atoms with Gasteiger partial charge in [-0.15, -0.1) is 0 Å². The molecule has 2 amide bonds. The number of carbonyl (C=O) groups is 2. The lowest BCUT2D eigenvalue weighted by Gasteiger charge is -2.32. The van der Waals surface area contributed by atoms with E-state index in [2.05, 4.69) is 5.32 Å². The molecule has 32 heavy (non-hydrogen) atoms. The fourth-order valence-electron chi connectivity index (χ4n) is 3.86. The average molecular weight is 439 g/mol. The van der Waals surface area contributed by atoms with Gasteiger partial charge in [-0.1, -0.05) is 30.3 Å². The molecular formula is C26H34N2O4. The third-order valence-electron chi connectivity index (χ3n) is 5.70. The largest absolute Gasteiger partial charge is 0.494 e. The van der Waals surface area contributed by atoms with Crippen LogP contribution in [0.4, 0.5) is 0 Å². The van der Waals surface area contributed by atoms with Crippen molar-refractivity contribution >= 4 is 11.8 Å². The van der Waals surface area contributed by atoms with E-state index in [1.165, 1.54) is 0 Å². The van der Waals surface area contributed by atoms with Gasteiger partial charge in [0, 0.05) is 25.6 Å². The Balaban J connectivity index is 1.32. The lowest BCUT2D eigenvalue weighted by atomic mass is 10.0. The zero-order chi connectivity index (χ0) is 22.8. The highest BCUT2D eigenvalue weighted by molar-refractivity contribution is 5.79. The van der Waals surface area contributed by atoms with Gasteiger partial charge in [-0.25, -0.2) is 0 Å². The molecule has 1 heterocycles.